The summed E-state index contributed by atoms with van der Waals surface area (Å²) in [4.78, 5) is 16.4. The van der Waals surface area contributed by atoms with Crippen LogP contribution in [0.3, 0.4) is 0 Å². The number of aromatic nitrogens is 1. The van der Waals surface area contributed by atoms with Gasteiger partial charge in [-0.1, -0.05) is 0 Å². The molecule has 2 aromatic rings. The first-order valence-electron chi connectivity index (χ1n) is 6.24. The molecule has 5 nitrogen and oxygen atoms in total. The Morgan fingerprint density at radius 3 is 2.95 bits per heavy atom. The Morgan fingerprint density at radius 2 is 2.30 bits per heavy atom. The number of amides is 1. The smallest absolute Gasteiger partial charge is 0.275 e. The number of nitrogens with zero attached hydrogens (tertiary/aromatic N) is 1. The summed E-state index contributed by atoms with van der Waals surface area (Å²) < 4.78 is 5.13. The highest BCUT2D eigenvalue weighted by Gasteiger charge is 2.12. The van der Waals surface area contributed by atoms with Gasteiger partial charge in [0.15, 0.2) is 0 Å². The molecule has 0 spiro atoms. The third-order valence-electron chi connectivity index (χ3n) is 2.82. The van der Waals surface area contributed by atoms with E-state index in [9.17, 15) is 4.79 Å². The number of rotatable bonds is 5. The Hall–Kier alpha value is -1.92. The molecule has 20 heavy (non-hydrogen) atoms. The van der Waals surface area contributed by atoms with Gasteiger partial charge < -0.3 is 15.8 Å². The van der Waals surface area contributed by atoms with Gasteiger partial charge in [0.2, 0.25) is 0 Å². The zero-order chi connectivity index (χ0) is 14.5. The van der Waals surface area contributed by atoms with E-state index in [-0.39, 0.29) is 5.91 Å². The maximum absolute atomic E-state index is 12.1. The van der Waals surface area contributed by atoms with E-state index in [0.29, 0.717) is 18.7 Å². The number of carbonyl (C=O) groups excluding carboxylic acids is 1. The molecule has 0 saturated heterocycles. The molecular formula is C14H17N3O2S. The number of aryl methyl sites for hydroxylation is 1. The fourth-order valence-corrected chi connectivity index (χ4v) is 2.54. The van der Waals surface area contributed by atoms with Crippen molar-refractivity contribution in [3.63, 3.8) is 0 Å². The monoisotopic (exact) mass is 291 g/mol. The largest absolute Gasteiger partial charge is 0.497 e. The minimum absolute atomic E-state index is 0.210. The van der Waals surface area contributed by atoms with Crippen molar-refractivity contribution in [2.24, 2.45) is 5.73 Å². The number of thiazole rings is 1. The van der Waals surface area contributed by atoms with Crippen LogP contribution < -0.4 is 15.8 Å². The molecule has 3 N–H and O–H groups in total. The molecular weight excluding hydrogens is 274 g/mol. The third kappa shape index (κ3) is 3.34. The number of hydrogen-bond acceptors (Lipinski definition) is 5. The van der Waals surface area contributed by atoms with Crippen molar-refractivity contribution >= 4 is 22.9 Å². The average molecular weight is 291 g/mol. The predicted molar refractivity (Wildman–Crippen MR) is 80.6 cm³/mol. The van der Waals surface area contributed by atoms with Gasteiger partial charge >= 0.3 is 0 Å². The number of methoxy groups -OCH3 is 1. The molecule has 0 unspecified atom stereocenters. The summed E-state index contributed by atoms with van der Waals surface area (Å²) in [7, 11) is 1.61. The summed E-state index contributed by atoms with van der Waals surface area (Å²) in [6, 6.07) is 5.50. The van der Waals surface area contributed by atoms with Gasteiger partial charge in [0.25, 0.3) is 5.91 Å². The third-order valence-corrected chi connectivity index (χ3v) is 3.73. The van der Waals surface area contributed by atoms with Crippen LogP contribution in [0.5, 0.6) is 5.75 Å². The molecule has 0 atom stereocenters. The second-order valence-electron chi connectivity index (χ2n) is 4.30. The lowest BCUT2D eigenvalue weighted by Crippen LogP contribution is -2.13. The van der Waals surface area contributed by atoms with E-state index in [4.69, 9.17) is 10.5 Å². The molecule has 106 valence electrons. The number of ether oxygens (including phenoxy) is 1. The summed E-state index contributed by atoms with van der Waals surface area (Å²) >= 11 is 1.45. The molecule has 1 heterocycles. The van der Waals surface area contributed by atoms with E-state index >= 15 is 0 Å². The maximum Gasteiger partial charge on any atom is 0.275 e. The molecule has 0 fully saturated rings. The molecule has 0 bridgehead atoms. The standard InChI is InChI=1S/C14H17N3O2S/c1-9-7-10(19-2)3-4-11(9)17-14(18)12-8-20-13(16-12)5-6-15/h3-4,7-8H,5-6,15H2,1-2H3,(H,17,18). The number of nitrogens with one attached hydrogen (secondary N) is 1. The van der Waals surface area contributed by atoms with Gasteiger partial charge in [0.1, 0.15) is 11.4 Å². The average Bonchev–Trinajstić information content (AvgIpc) is 2.90. The molecule has 0 radical (unpaired) electrons. The summed E-state index contributed by atoms with van der Waals surface area (Å²) in [5.74, 6) is 0.553. The van der Waals surface area contributed by atoms with E-state index in [0.717, 1.165) is 22.0 Å². The highest BCUT2D eigenvalue weighted by Crippen LogP contribution is 2.22. The fraction of sp³-hybridized carbons (Fsp3) is 0.286. The van der Waals surface area contributed by atoms with Gasteiger partial charge in [-0.25, -0.2) is 4.98 Å². The van der Waals surface area contributed by atoms with Crippen LogP contribution >= 0.6 is 11.3 Å². The van der Waals surface area contributed by atoms with Crippen LogP contribution in [0.15, 0.2) is 23.6 Å². The second-order valence-corrected chi connectivity index (χ2v) is 5.24. The number of carbonyl (C=O) groups is 1. The highest BCUT2D eigenvalue weighted by atomic mass is 32.1. The van der Waals surface area contributed by atoms with Crippen molar-refractivity contribution in [2.75, 3.05) is 19.0 Å². The first-order chi connectivity index (χ1) is 9.63. The zero-order valence-electron chi connectivity index (χ0n) is 11.5. The minimum Gasteiger partial charge on any atom is -0.497 e. The van der Waals surface area contributed by atoms with Gasteiger partial charge in [0, 0.05) is 17.5 Å². The summed E-state index contributed by atoms with van der Waals surface area (Å²) in [6.07, 6.45) is 0.694. The van der Waals surface area contributed by atoms with Gasteiger partial charge in [0.05, 0.1) is 12.1 Å². The summed E-state index contributed by atoms with van der Waals surface area (Å²) in [5, 5.41) is 5.48. The van der Waals surface area contributed by atoms with Crippen molar-refractivity contribution in [1.82, 2.24) is 4.98 Å². The van der Waals surface area contributed by atoms with E-state index in [2.05, 4.69) is 10.3 Å². The summed E-state index contributed by atoms with van der Waals surface area (Å²) in [6.45, 7) is 2.45. The Balaban J connectivity index is 2.10. The SMILES string of the molecule is COc1ccc(NC(=O)c2csc(CCN)n2)c(C)c1. The topological polar surface area (TPSA) is 77.2 Å². The fourth-order valence-electron chi connectivity index (χ4n) is 1.74. The molecule has 1 aromatic carbocycles. The first-order valence-corrected chi connectivity index (χ1v) is 7.12. The van der Waals surface area contributed by atoms with Crippen molar-refractivity contribution in [3.05, 3.63) is 39.8 Å². The predicted octanol–water partition coefficient (Wildman–Crippen LogP) is 2.21. The molecule has 1 amide bonds. The van der Waals surface area contributed by atoms with Crippen LogP contribution in [-0.2, 0) is 6.42 Å². The zero-order valence-corrected chi connectivity index (χ0v) is 12.3. The van der Waals surface area contributed by atoms with Crippen molar-refractivity contribution < 1.29 is 9.53 Å². The van der Waals surface area contributed by atoms with E-state index < -0.39 is 0 Å². The molecule has 0 aliphatic heterocycles. The van der Waals surface area contributed by atoms with Crippen LogP contribution in [0, 0.1) is 6.92 Å². The van der Waals surface area contributed by atoms with Crippen molar-refractivity contribution in [1.29, 1.82) is 0 Å². The van der Waals surface area contributed by atoms with Crippen LogP contribution in [0.25, 0.3) is 0 Å². The van der Waals surface area contributed by atoms with Crippen LogP contribution in [0.4, 0.5) is 5.69 Å². The Bertz CT molecular complexity index is 610. The Morgan fingerprint density at radius 1 is 1.50 bits per heavy atom. The second kappa shape index (κ2) is 6.49. The quantitative estimate of drug-likeness (QED) is 0.885. The Kier molecular flexibility index (Phi) is 4.70. The Labute approximate surface area is 121 Å². The maximum atomic E-state index is 12.1. The highest BCUT2D eigenvalue weighted by molar-refractivity contribution is 7.09. The molecule has 1 aromatic heterocycles. The molecule has 2 rings (SSSR count). The number of nitrogens with two attached hydrogens (primary N) is 1. The van der Waals surface area contributed by atoms with Crippen LogP contribution in [-0.4, -0.2) is 24.5 Å². The molecule has 0 saturated carbocycles. The van der Waals surface area contributed by atoms with E-state index in [1.807, 2.05) is 25.1 Å². The van der Waals surface area contributed by atoms with E-state index in [1.165, 1.54) is 11.3 Å². The number of benzene rings is 1. The van der Waals surface area contributed by atoms with Crippen molar-refractivity contribution in [2.45, 2.75) is 13.3 Å². The lowest BCUT2D eigenvalue weighted by Gasteiger charge is -2.08. The molecule has 0 aliphatic rings. The summed E-state index contributed by atoms with van der Waals surface area (Å²) in [5.41, 5.74) is 7.59. The molecule has 0 aliphatic carbocycles. The normalized spacial score (nSPS) is 10.3. The van der Waals surface area contributed by atoms with Gasteiger partial charge in [-0.05, 0) is 37.2 Å². The lowest BCUT2D eigenvalue weighted by molar-refractivity contribution is 0.102. The van der Waals surface area contributed by atoms with Gasteiger partial charge in [-0.3, -0.25) is 4.79 Å². The first kappa shape index (κ1) is 14.5. The lowest BCUT2D eigenvalue weighted by atomic mass is 10.2. The minimum atomic E-state index is -0.210. The van der Waals surface area contributed by atoms with Gasteiger partial charge in [-0.15, -0.1) is 11.3 Å². The van der Waals surface area contributed by atoms with Crippen LogP contribution in [0.2, 0.25) is 0 Å². The van der Waals surface area contributed by atoms with Gasteiger partial charge in [-0.2, -0.15) is 0 Å². The number of hydrogen-bond donors (Lipinski definition) is 2. The van der Waals surface area contributed by atoms with Crippen molar-refractivity contribution in [3.8, 4) is 5.75 Å². The number of anilines is 1. The van der Waals surface area contributed by atoms with E-state index in [1.54, 1.807) is 12.5 Å². The van der Waals surface area contributed by atoms with Crippen LogP contribution in [0.1, 0.15) is 21.1 Å². The molecule has 6 heteroatoms.